The van der Waals surface area contributed by atoms with E-state index in [1.165, 1.54) is 0 Å². The van der Waals surface area contributed by atoms with Crippen LogP contribution in [0.4, 0.5) is 5.82 Å². The quantitative estimate of drug-likeness (QED) is 0.567. The number of carbonyl (C=O) groups excluding carboxylic acids is 1. The van der Waals surface area contributed by atoms with E-state index in [0.717, 1.165) is 0 Å². The molecule has 7 heteroatoms. The Bertz CT molecular complexity index is 598. The molecule has 6 nitrogen and oxygen atoms in total. The second-order valence-corrected chi connectivity index (χ2v) is 4.09. The number of anilines is 1. The van der Waals surface area contributed by atoms with Crippen LogP contribution in [0.15, 0.2) is 36.9 Å². The largest absolute Gasteiger partial charge is 0.367 e. The summed E-state index contributed by atoms with van der Waals surface area (Å²) in [5.41, 5.74) is 0.469. The van der Waals surface area contributed by atoms with Gasteiger partial charge >= 0.3 is 0 Å². The fourth-order valence-electron chi connectivity index (χ4n) is 1.45. The van der Waals surface area contributed by atoms with E-state index in [9.17, 15) is 4.79 Å². The predicted molar refractivity (Wildman–Crippen MR) is 74.5 cm³/mol. The molecule has 0 aliphatic rings. The highest BCUT2D eigenvalue weighted by Gasteiger charge is 2.05. The summed E-state index contributed by atoms with van der Waals surface area (Å²) in [4.78, 5) is 22.6. The second kappa shape index (κ2) is 6.60. The summed E-state index contributed by atoms with van der Waals surface area (Å²) >= 11 is 5.03. The van der Waals surface area contributed by atoms with Gasteiger partial charge in [0.2, 0.25) is 0 Å². The van der Waals surface area contributed by atoms with Crippen molar-refractivity contribution in [1.29, 1.82) is 0 Å². The maximum atomic E-state index is 11.8. The van der Waals surface area contributed by atoms with Crippen molar-refractivity contribution in [2.45, 2.75) is 0 Å². The first-order valence-corrected chi connectivity index (χ1v) is 6.14. The molecule has 0 radical (unpaired) electrons. The van der Waals surface area contributed by atoms with Crippen LogP contribution in [0.3, 0.4) is 0 Å². The van der Waals surface area contributed by atoms with E-state index in [-0.39, 0.29) is 5.91 Å². The zero-order valence-electron chi connectivity index (χ0n) is 10.1. The van der Waals surface area contributed by atoms with Crippen LogP contribution in [-0.4, -0.2) is 33.9 Å². The molecule has 0 aromatic carbocycles. The number of rotatable bonds is 5. The molecule has 3 N–H and O–H groups in total. The van der Waals surface area contributed by atoms with Crippen LogP contribution in [0.5, 0.6) is 0 Å². The fourth-order valence-corrected chi connectivity index (χ4v) is 1.68. The first-order valence-electron chi connectivity index (χ1n) is 5.73. The van der Waals surface area contributed by atoms with Crippen molar-refractivity contribution in [3.63, 3.8) is 0 Å². The number of amides is 1. The van der Waals surface area contributed by atoms with E-state index in [1.54, 1.807) is 36.9 Å². The number of aromatic nitrogens is 3. The van der Waals surface area contributed by atoms with Gasteiger partial charge in [0.25, 0.3) is 5.91 Å². The van der Waals surface area contributed by atoms with E-state index in [2.05, 4.69) is 25.6 Å². The third-order valence-electron chi connectivity index (χ3n) is 2.34. The molecule has 2 aromatic rings. The van der Waals surface area contributed by atoms with Crippen molar-refractivity contribution in [1.82, 2.24) is 20.3 Å². The molecule has 2 aromatic heterocycles. The van der Waals surface area contributed by atoms with Gasteiger partial charge in [0.05, 0.1) is 11.8 Å². The molecule has 0 unspecified atom stereocenters. The minimum atomic E-state index is -0.192. The van der Waals surface area contributed by atoms with Crippen molar-refractivity contribution in [3.05, 3.63) is 47.1 Å². The first-order chi connectivity index (χ1) is 9.27. The molecule has 98 valence electrons. The average Bonchev–Trinajstić information content (AvgIpc) is 2.45. The van der Waals surface area contributed by atoms with Crippen LogP contribution in [0.2, 0.25) is 0 Å². The first kappa shape index (κ1) is 13.2. The van der Waals surface area contributed by atoms with Gasteiger partial charge in [-0.15, -0.1) is 0 Å². The van der Waals surface area contributed by atoms with Crippen LogP contribution in [0.1, 0.15) is 10.4 Å². The molecular weight excluding hydrogens is 262 g/mol. The third-order valence-corrected chi connectivity index (χ3v) is 2.68. The van der Waals surface area contributed by atoms with Crippen molar-refractivity contribution < 1.29 is 4.79 Å². The van der Waals surface area contributed by atoms with Crippen LogP contribution in [0, 0.1) is 4.64 Å². The van der Waals surface area contributed by atoms with Gasteiger partial charge in [0.1, 0.15) is 10.5 Å². The second-order valence-electron chi connectivity index (χ2n) is 3.69. The Labute approximate surface area is 115 Å². The van der Waals surface area contributed by atoms with Gasteiger partial charge in [-0.3, -0.25) is 9.78 Å². The van der Waals surface area contributed by atoms with Crippen LogP contribution >= 0.6 is 12.2 Å². The highest BCUT2D eigenvalue weighted by Crippen LogP contribution is 1.99. The molecule has 0 fully saturated rings. The number of carbonyl (C=O) groups is 1. The van der Waals surface area contributed by atoms with Crippen molar-refractivity contribution in [2.75, 3.05) is 18.4 Å². The Morgan fingerprint density at radius 1 is 1.37 bits per heavy atom. The molecule has 0 saturated heterocycles. The molecule has 19 heavy (non-hydrogen) atoms. The van der Waals surface area contributed by atoms with Gasteiger partial charge in [-0.1, -0.05) is 12.2 Å². The lowest BCUT2D eigenvalue weighted by molar-refractivity contribution is 0.0954. The lowest BCUT2D eigenvalue weighted by Crippen LogP contribution is -2.29. The van der Waals surface area contributed by atoms with Gasteiger partial charge in [-0.25, -0.2) is 4.98 Å². The lowest BCUT2D eigenvalue weighted by Gasteiger charge is -2.06. The predicted octanol–water partition coefficient (Wildman–Crippen LogP) is 1.38. The Morgan fingerprint density at radius 2 is 2.26 bits per heavy atom. The smallest absolute Gasteiger partial charge is 0.254 e. The summed E-state index contributed by atoms with van der Waals surface area (Å²) in [6.45, 7) is 1.03. The van der Waals surface area contributed by atoms with E-state index >= 15 is 0 Å². The average molecular weight is 275 g/mol. The number of aromatic amines is 1. The zero-order chi connectivity index (χ0) is 13.5. The van der Waals surface area contributed by atoms with Gasteiger partial charge in [-0.2, -0.15) is 0 Å². The van der Waals surface area contributed by atoms with Gasteiger partial charge in [0.15, 0.2) is 0 Å². The number of hydrogen-bond donors (Lipinski definition) is 3. The molecule has 0 bridgehead atoms. The zero-order valence-corrected chi connectivity index (χ0v) is 10.9. The van der Waals surface area contributed by atoms with E-state index in [1.807, 2.05) is 0 Å². The standard InChI is InChI=1S/C12H13N5OS/c18-11(9-2-1-3-17-12(9)19)16-7-6-15-10-8-13-4-5-14-10/h1-5,8H,6-7H2,(H,14,15)(H,16,18)(H,17,19). The monoisotopic (exact) mass is 275 g/mol. The molecule has 1 amide bonds. The summed E-state index contributed by atoms with van der Waals surface area (Å²) < 4.78 is 0.432. The Morgan fingerprint density at radius 3 is 3.00 bits per heavy atom. The number of pyridine rings is 1. The summed E-state index contributed by atoms with van der Waals surface area (Å²) in [6.07, 6.45) is 6.51. The Balaban J connectivity index is 1.79. The topological polar surface area (TPSA) is 82.7 Å². The molecule has 0 aliphatic heterocycles. The maximum absolute atomic E-state index is 11.8. The summed E-state index contributed by atoms with van der Waals surface area (Å²) in [7, 11) is 0. The van der Waals surface area contributed by atoms with Gasteiger partial charge < -0.3 is 15.6 Å². The molecule has 2 rings (SSSR count). The number of H-pyrrole nitrogens is 1. The highest BCUT2D eigenvalue weighted by molar-refractivity contribution is 7.71. The fraction of sp³-hybridized carbons (Fsp3) is 0.167. The number of hydrogen-bond acceptors (Lipinski definition) is 5. The summed E-state index contributed by atoms with van der Waals surface area (Å²) in [6, 6.07) is 3.42. The minimum absolute atomic E-state index is 0.192. The van der Waals surface area contributed by atoms with E-state index in [4.69, 9.17) is 12.2 Å². The molecule has 0 aliphatic carbocycles. The molecule has 0 saturated carbocycles. The number of nitrogens with zero attached hydrogens (tertiary/aromatic N) is 2. The molecular formula is C12H13N5OS. The highest BCUT2D eigenvalue weighted by atomic mass is 32.1. The third kappa shape index (κ3) is 3.85. The van der Waals surface area contributed by atoms with Gasteiger partial charge in [0, 0.05) is 31.7 Å². The Kier molecular flexibility index (Phi) is 4.57. The molecule has 2 heterocycles. The summed E-state index contributed by atoms with van der Waals surface area (Å²) in [5.74, 6) is 0.483. The van der Waals surface area contributed by atoms with Crippen molar-refractivity contribution in [2.24, 2.45) is 0 Å². The van der Waals surface area contributed by atoms with Crippen LogP contribution in [-0.2, 0) is 0 Å². The van der Waals surface area contributed by atoms with E-state index in [0.29, 0.717) is 29.1 Å². The Hall–Kier alpha value is -2.28. The molecule has 0 spiro atoms. The van der Waals surface area contributed by atoms with E-state index < -0.39 is 0 Å². The molecule has 0 atom stereocenters. The van der Waals surface area contributed by atoms with Crippen LogP contribution < -0.4 is 10.6 Å². The van der Waals surface area contributed by atoms with Crippen molar-refractivity contribution >= 4 is 23.9 Å². The SMILES string of the molecule is O=C(NCCNc1cnccn1)c1ccc[nH]c1=S. The number of nitrogens with one attached hydrogen (secondary N) is 3. The maximum Gasteiger partial charge on any atom is 0.254 e. The normalized spacial score (nSPS) is 9.89. The summed E-state index contributed by atoms with van der Waals surface area (Å²) in [5, 5.41) is 5.82. The van der Waals surface area contributed by atoms with Crippen molar-refractivity contribution in [3.8, 4) is 0 Å². The lowest BCUT2D eigenvalue weighted by atomic mass is 10.3. The minimum Gasteiger partial charge on any atom is -0.367 e. The van der Waals surface area contributed by atoms with Gasteiger partial charge in [-0.05, 0) is 12.1 Å². The van der Waals surface area contributed by atoms with Crippen LogP contribution in [0.25, 0.3) is 0 Å².